The van der Waals surface area contributed by atoms with Crippen molar-refractivity contribution < 1.29 is 18.7 Å². The largest absolute Gasteiger partial charge is 0.478 e. The van der Waals surface area contributed by atoms with Crippen molar-refractivity contribution >= 4 is 11.5 Å². The zero-order valence-corrected chi connectivity index (χ0v) is 12.8. The summed E-state index contributed by atoms with van der Waals surface area (Å²) in [6.07, 6.45) is 8.75. The van der Waals surface area contributed by atoms with Crippen LogP contribution in [0.1, 0.15) is 24.4 Å². The molecule has 0 aliphatic carbocycles. The first-order valence-electron chi connectivity index (χ1n) is 7.66. The van der Waals surface area contributed by atoms with E-state index in [0.717, 1.165) is 43.0 Å². The van der Waals surface area contributed by atoms with Crippen molar-refractivity contribution in [1.29, 1.82) is 0 Å². The van der Waals surface area contributed by atoms with E-state index in [1.807, 2.05) is 30.3 Å². The molecule has 0 unspecified atom stereocenters. The minimum Gasteiger partial charge on any atom is -0.478 e. The van der Waals surface area contributed by atoms with Gasteiger partial charge in [0.2, 0.25) is 0 Å². The Bertz CT molecular complexity index is 659. The van der Waals surface area contributed by atoms with E-state index >= 15 is 0 Å². The van der Waals surface area contributed by atoms with Crippen LogP contribution in [0.4, 0.5) is 0 Å². The first-order chi connectivity index (χ1) is 11.2. The number of nitrogens with zero attached hydrogens (tertiary/aromatic N) is 1. The molecule has 3 heterocycles. The molecule has 5 nitrogen and oxygen atoms in total. The van der Waals surface area contributed by atoms with Gasteiger partial charge in [0.25, 0.3) is 0 Å². The molecule has 1 N–H and O–H groups in total. The van der Waals surface area contributed by atoms with Crippen molar-refractivity contribution in [3.05, 3.63) is 66.0 Å². The molecule has 2 aromatic rings. The molecule has 0 saturated heterocycles. The standard InChI is InChI=1S/C18H19NO4/c20-18(21)14-5-1-9-19(13-14)10-2-6-15(16-7-3-11-22-16)17-8-4-12-23-17/h3-8,11-12H,1-2,9-10,13H2,(H,20,21). The van der Waals surface area contributed by atoms with Crippen LogP contribution >= 0.6 is 0 Å². The lowest BCUT2D eigenvalue weighted by molar-refractivity contribution is -0.133. The molecule has 0 radical (unpaired) electrons. The molecule has 0 aromatic carbocycles. The number of carboxylic acid groups (broad SMARTS) is 1. The van der Waals surface area contributed by atoms with Gasteiger partial charge in [-0.3, -0.25) is 4.90 Å². The second-order valence-electron chi connectivity index (χ2n) is 5.46. The van der Waals surface area contributed by atoms with Gasteiger partial charge in [0.1, 0.15) is 11.5 Å². The van der Waals surface area contributed by atoms with Crippen LogP contribution in [-0.2, 0) is 4.79 Å². The molecular formula is C18H19NO4. The van der Waals surface area contributed by atoms with Crippen molar-refractivity contribution in [2.45, 2.75) is 12.8 Å². The van der Waals surface area contributed by atoms with Crippen LogP contribution in [0, 0.1) is 0 Å². The van der Waals surface area contributed by atoms with Crippen LogP contribution in [0.5, 0.6) is 0 Å². The lowest BCUT2D eigenvalue weighted by atomic mass is 10.1. The zero-order chi connectivity index (χ0) is 16.1. The first-order valence-corrected chi connectivity index (χ1v) is 7.66. The third-order valence-corrected chi connectivity index (χ3v) is 3.87. The second kappa shape index (κ2) is 7.15. The number of carbonyl (C=O) groups is 1. The van der Waals surface area contributed by atoms with Crippen LogP contribution in [0.25, 0.3) is 5.57 Å². The fraction of sp³-hybridized carbons (Fsp3) is 0.278. The molecular weight excluding hydrogens is 294 g/mol. The Hall–Kier alpha value is -2.53. The molecule has 3 rings (SSSR count). The SMILES string of the molecule is O=C(O)C1=CCCN(CCC=C(c2ccco2)c2ccco2)C1. The van der Waals surface area contributed by atoms with E-state index in [9.17, 15) is 4.79 Å². The van der Waals surface area contributed by atoms with Crippen LogP contribution in [0.3, 0.4) is 0 Å². The highest BCUT2D eigenvalue weighted by molar-refractivity contribution is 5.87. The maximum atomic E-state index is 11.1. The Morgan fingerprint density at radius 1 is 1.22 bits per heavy atom. The van der Waals surface area contributed by atoms with Crippen LogP contribution < -0.4 is 0 Å². The number of rotatable bonds is 6. The van der Waals surface area contributed by atoms with Crippen molar-refractivity contribution in [1.82, 2.24) is 4.90 Å². The maximum Gasteiger partial charge on any atom is 0.332 e. The monoisotopic (exact) mass is 313 g/mol. The van der Waals surface area contributed by atoms with Crippen LogP contribution in [0.2, 0.25) is 0 Å². The Morgan fingerprint density at radius 3 is 2.48 bits per heavy atom. The highest BCUT2D eigenvalue weighted by atomic mass is 16.4. The smallest absolute Gasteiger partial charge is 0.332 e. The third-order valence-electron chi connectivity index (χ3n) is 3.87. The van der Waals surface area contributed by atoms with E-state index < -0.39 is 5.97 Å². The summed E-state index contributed by atoms with van der Waals surface area (Å²) in [5.74, 6) is 0.714. The Kier molecular flexibility index (Phi) is 4.78. The van der Waals surface area contributed by atoms with E-state index in [1.165, 1.54) is 0 Å². The lowest BCUT2D eigenvalue weighted by Crippen LogP contribution is -2.32. The Labute approximate surface area is 134 Å². The summed E-state index contributed by atoms with van der Waals surface area (Å²) >= 11 is 0. The molecule has 1 aliphatic rings. The fourth-order valence-electron chi connectivity index (χ4n) is 2.73. The van der Waals surface area contributed by atoms with Gasteiger partial charge in [-0.1, -0.05) is 12.2 Å². The molecule has 5 heteroatoms. The van der Waals surface area contributed by atoms with Gasteiger partial charge in [0.15, 0.2) is 0 Å². The van der Waals surface area contributed by atoms with Crippen LogP contribution in [-0.4, -0.2) is 35.6 Å². The summed E-state index contributed by atoms with van der Waals surface area (Å²) in [6.45, 7) is 2.19. The van der Waals surface area contributed by atoms with Gasteiger partial charge >= 0.3 is 5.97 Å². The quantitative estimate of drug-likeness (QED) is 0.885. The molecule has 120 valence electrons. The van der Waals surface area contributed by atoms with Gasteiger partial charge in [0.05, 0.1) is 18.1 Å². The van der Waals surface area contributed by atoms with E-state index in [-0.39, 0.29) is 0 Å². The predicted molar refractivity (Wildman–Crippen MR) is 85.9 cm³/mol. The van der Waals surface area contributed by atoms with Crippen LogP contribution in [0.15, 0.2) is 63.4 Å². The Balaban J connectivity index is 1.66. The molecule has 0 saturated carbocycles. The number of hydrogen-bond donors (Lipinski definition) is 1. The van der Waals surface area contributed by atoms with E-state index in [2.05, 4.69) is 11.0 Å². The van der Waals surface area contributed by atoms with E-state index in [4.69, 9.17) is 13.9 Å². The average Bonchev–Trinajstić information content (AvgIpc) is 3.25. The van der Waals surface area contributed by atoms with Crippen molar-refractivity contribution in [3.63, 3.8) is 0 Å². The molecule has 23 heavy (non-hydrogen) atoms. The van der Waals surface area contributed by atoms with Gasteiger partial charge in [0, 0.05) is 25.2 Å². The highest BCUT2D eigenvalue weighted by Gasteiger charge is 2.17. The van der Waals surface area contributed by atoms with Gasteiger partial charge in [-0.2, -0.15) is 0 Å². The van der Waals surface area contributed by atoms with Gasteiger partial charge in [-0.05, 0) is 37.1 Å². The summed E-state index contributed by atoms with van der Waals surface area (Å²) in [4.78, 5) is 13.2. The fourth-order valence-corrected chi connectivity index (χ4v) is 2.73. The minimum absolute atomic E-state index is 0.484. The molecule has 0 spiro atoms. The number of furan rings is 2. The molecule has 0 atom stereocenters. The number of hydrogen-bond acceptors (Lipinski definition) is 4. The normalized spacial score (nSPS) is 15.2. The van der Waals surface area contributed by atoms with Gasteiger partial charge in [-0.15, -0.1) is 0 Å². The third kappa shape index (κ3) is 3.81. The van der Waals surface area contributed by atoms with Gasteiger partial charge in [-0.25, -0.2) is 4.79 Å². The second-order valence-corrected chi connectivity index (χ2v) is 5.46. The first kappa shape index (κ1) is 15.4. The number of aliphatic carboxylic acids is 1. The number of carboxylic acids is 1. The molecule has 0 fully saturated rings. The predicted octanol–water partition coefficient (Wildman–Crippen LogP) is 3.41. The molecule has 2 aromatic heterocycles. The minimum atomic E-state index is -0.822. The topological polar surface area (TPSA) is 66.8 Å². The van der Waals surface area contributed by atoms with Crippen molar-refractivity contribution in [2.24, 2.45) is 0 Å². The zero-order valence-electron chi connectivity index (χ0n) is 12.8. The van der Waals surface area contributed by atoms with Crippen molar-refractivity contribution in [2.75, 3.05) is 19.6 Å². The Morgan fingerprint density at radius 2 is 1.91 bits per heavy atom. The summed E-state index contributed by atoms with van der Waals surface area (Å²) < 4.78 is 11.0. The molecule has 0 bridgehead atoms. The summed E-state index contributed by atoms with van der Waals surface area (Å²) in [6, 6.07) is 7.50. The lowest BCUT2D eigenvalue weighted by Gasteiger charge is -2.25. The maximum absolute atomic E-state index is 11.1. The highest BCUT2D eigenvalue weighted by Crippen LogP contribution is 2.25. The van der Waals surface area contributed by atoms with Gasteiger partial charge < -0.3 is 13.9 Å². The average molecular weight is 313 g/mol. The van der Waals surface area contributed by atoms with Crippen molar-refractivity contribution in [3.8, 4) is 0 Å². The summed E-state index contributed by atoms with van der Waals surface area (Å²) in [7, 11) is 0. The van der Waals surface area contributed by atoms with E-state index in [0.29, 0.717) is 12.1 Å². The van der Waals surface area contributed by atoms with E-state index in [1.54, 1.807) is 12.5 Å². The molecule has 1 aliphatic heterocycles. The summed E-state index contributed by atoms with van der Waals surface area (Å²) in [5, 5.41) is 9.09. The molecule has 0 amide bonds. The summed E-state index contributed by atoms with van der Waals surface area (Å²) in [5.41, 5.74) is 1.41.